The van der Waals surface area contributed by atoms with Crippen molar-refractivity contribution in [2.24, 2.45) is 5.92 Å². The summed E-state index contributed by atoms with van der Waals surface area (Å²) >= 11 is 6.57. The van der Waals surface area contributed by atoms with Gasteiger partial charge < -0.3 is 39.4 Å². The number of halogens is 1. The van der Waals surface area contributed by atoms with E-state index in [-0.39, 0.29) is 49.6 Å². The molecule has 282 valence electrons. The van der Waals surface area contributed by atoms with Crippen LogP contribution in [0.5, 0.6) is 11.6 Å². The molecular weight excluding hydrogens is 704 g/mol. The highest BCUT2D eigenvalue weighted by Crippen LogP contribution is 2.45. The largest absolute Gasteiger partial charge is 0.488 e. The Kier molecular flexibility index (Phi) is 11.0. The number of ether oxygens (including phenoxy) is 3. The van der Waals surface area contributed by atoms with E-state index >= 15 is 0 Å². The molecule has 1 saturated heterocycles. The number of pyridine rings is 1. The molecule has 3 aromatic rings. The van der Waals surface area contributed by atoms with Crippen molar-refractivity contribution in [1.82, 2.24) is 30.1 Å². The number of fused-ring (bicyclic) bond motifs is 3. The number of amides is 3. The lowest BCUT2D eigenvalue weighted by molar-refractivity contribution is -0.145. The molecule has 14 nitrogen and oxygen atoms in total. The molecule has 53 heavy (non-hydrogen) atoms. The van der Waals surface area contributed by atoms with E-state index in [2.05, 4.69) is 20.6 Å². The van der Waals surface area contributed by atoms with Gasteiger partial charge in [0.05, 0.1) is 30.0 Å². The van der Waals surface area contributed by atoms with Gasteiger partial charge >= 0.3 is 12.1 Å². The van der Waals surface area contributed by atoms with Crippen molar-refractivity contribution in [3.63, 3.8) is 0 Å². The van der Waals surface area contributed by atoms with E-state index in [0.29, 0.717) is 47.7 Å². The van der Waals surface area contributed by atoms with E-state index in [4.69, 9.17) is 25.8 Å². The summed E-state index contributed by atoms with van der Waals surface area (Å²) in [7, 11) is 0. The van der Waals surface area contributed by atoms with Crippen molar-refractivity contribution in [1.29, 1.82) is 0 Å². The summed E-state index contributed by atoms with van der Waals surface area (Å²) < 4.78 is 20.1. The van der Waals surface area contributed by atoms with Crippen molar-refractivity contribution in [2.75, 3.05) is 13.2 Å². The van der Waals surface area contributed by atoms with Crippen molar-refractivity contribution in [3.8, 4) is 11.6 Å². The Morgan fingerprint density at radius 2 is 1.94 bits per heavy atom. The molecule has 7 rings (SSSR count). The summed E-state index contributed by atoms with van der Waals surface area (Å²) in [5, 5.41) is 16.9. The van der Waals surface area contributed by atoms with E-state index in [9.17, 15) is 24.3 Å². The fourth-order valence-electron chi connectivity index (χ4n) is 7.68. The number of nitrogens with one attached hydrogen (secondary N) is 2. The zero-order valence-corrected chi connectivity index (χ0v) is 30.2. The summed E-state index contributed by atoms with van der Waals surface area (Å²) in [5.41, 5.74) is -0.961. The number of imidazole rings is 1. The number of para-hydroxylation sites is 1. The second kappa shape index (κ2) is 16.0. The first-order valence-electron chi connectivity index (χ1n) is 18.5. The Bertz CT molecular complexity index is 1850. The van der Waals surface area contributed by atoms with E-state index in [0.717, 1.165) is 38.5 Å². The molecule has 2 saturated carbocycles. The average Bonchev–Trinajstić information content (AvgIpc) is 3.61. The molecule has 2 aromatic heterocycles. The van der Waals surface area contributed by atoms with Crippen molar-refractivity contribution in [2.45, 2.75) is 107 Å². The minimum Gasteiger partial charge on any atom is -0.488 e. The molecular formula is C38H45ClN6O8. The van der Waals surface area contributed by atoms with Crippen molar-refractivity contribution in [3.05, 3.63) is 60.2 Å². The summed E-state index contributed by atoms with van der Waals surface area (Å²) in [6.45, 7) is 0.899. The maximum atomic E-state index is 14.2. The number of hydrogen-bond acceptors (Lipinski definition) is 9. The molecule has 4 aliphatic rings. The number of carbonyl (C=O) groups excluding carboxylic acids is 3. The van der Waals surface area contributed by atoms with Gasteiger partial charge in [0.25, 0.3) is 0 Å². The highest BCUT2D eigenvalue weighted by atomic mass is 35.5. The Balaban J connectivity index is 1.13. The number of allylic oxidation sites excluding steroid dienone is 1. The summed E-state index contributed by atoms with van der Waals surface area (Å²) in [6.07, 6.45) is 14.5. The topological polar surface area (TPSA) is 174 Å². The number of carboxylic acid groups (broad SMARTS) is 1. The molecule has 0 radical (unpaired) electrons. The number of alkyl carbamates (subject to hydrolysis) is 1. The first-order chi connectivity index (χ1) is 25.7. The maximum Gasteiger partial charge on any atom is 0.407 e. The molecule has 3 fully saturated rings. The number of benzene rings is 1. The number of hydrogen-bond donors (Lipinski definition) is 3. The highest BCUT2D eigenvalue weighted by Gasteiger charge is 2.61. The Morgan fingerprint density at radius 3 is 2.74 bits per heavy atom. The molecule has 15 heteroatoms. The van der Waals surface area contributed by atoms with Gasteiger partial charge in [0.1, 0.15) is 36.1 Å². The highest BCUT2D eigenvalue weighted by molar-refractivity contribution is 6.35. The van der Waals surface area contributed by atoms with Gasteiger partial charge in [0.15, 0.2) is 0 Å². The van der Waals surface area contributed by atoms with Gasteiger partial charge in [-0.2, -0.15) is 0 Å². The summed E-state index contributed by atoms with van der Waals surface area (Å²) in [4.78, 5) is 63.7. The maximum absolute atomic E-state index is 14.2. The average molecular weight is 749 g/mol. The zero-order valence-electron chi connectivity index (χ0n) is 29.5. The van der Waals surface area contributed by atoms with Crippen LogP contribution < -0.4 is 20.1 Å². The third-order valence-corrected chi connectivity index (χ3v) is 11.0. The Morgan fingerprint density at radius 1 is 1.11 bits per heavy atom. The fraction of sp³-hybridized carbons (Fsp3) is 0.526. The molecule has 2 aliphatic carbocycles. The normalized spacial score (nSPS) is 27.2. The minimum atomic E-state index is -1.43. The van der Waals surface area contributed by atoms with Gasteiger partial charge in [-0.15, -0.1) is 0 Å². The van der Waals surface area contributed by atoms with Crippen LogP contribution in [-0.4, -0.2) is 91.4 Å². The van der Waals surface area contributed by atoms with Crippen molar-refractivity contribution >= 4 is 46.4 Å². The number of carboxylic acids is 1. The number of carbonyl (C=O) groups is 4. The first kappa shape index (κ1) is 36.5. The number of aromatic nitrogens is 3. The van der Waals surface area contributed by atoms with Gasteiger partial charge in [0.2, 0.25) is 17.7 Å². The SMILES string of the molecule is O=C(N[C@H]1CCCC/C=C\[C@@H]2C[C@@]2(C(=O)O)NC(=O)[C@@H]2C[C@@H](Oc3cc(OCCn4ccnc4)nc4c(Cl)cccc34)CN2C(=O)C1)OC1CCCC1. The van der Waals surface area contributed by atoms with Gasteiger partial charge in [-0.25, -0.2) is 19.6 Å². The van der Waals surface area contributed by atoms with Crippen LogP contribution in [0.15, 0.2) is 55.1 Å². The smallest absolute Gasteiger partial charge is 0.407 e. The van der Waals surface area contributed by atoms with E-state index in [1.54, 1.807) is 30.7 Å². The Hall–Kier alpha value is -4.85. The number of nitrogens with zero attached hydrogens (tertiary/aromatic N) is 4. The molecule has 3 N–H and O–H groups in total. The second-order valence-electron chi connectivity index (χ2n) is 14.4. The van der Waals surface area contributed by atoms with Crippen LogP contribution in [0.2, 0.25) is 5.02 Å². The predicted molar refractivity (Wildman–Crippen MR) is 194 cm³/mol. The number of rotatable bonds is 9. The van der Waals surface area contributed by atoms with Crippen LogP contribution in [0.1, 0.15) is 70.6 Å². The lowest BCUT2D eigenvalue weighted by atomic mass is 10.0. The molecule has 5 atom stereocenters. The van der Waals surface area contributed by atoms with Crippen LogP contribution in [-0.2, 0) is 25.7 Å². The van der Waals surface area contributed by atoms with Gasteiger partial charge in [-0.1, -0.05) is 36.2 Å². The number of aliphatic carboxylic acids is 1. The second-order valence-corrected chi connectivity index (χ2v) is 14.8. The fourth-order valence-corrected chi connectivity index (χ4v) is 7.90. The quantitative estimate of drug-likeness (QED) is 0.252. The van der Waals surface area contributed by atoms with Crippen molar-refractivity contribution < 1.29 is 38.5 Å². The minimum absolute atomic E-state index is 0.0541. The third kappa shape index (κ3) is 8.53. The van der Waals surface area contributed by atoms with Crippen LogP contribution in [0.4, 0.5) is 4.79 Å². The first-order valence-corrected chi connectivity index (χ1v) is 18.9. The Labute approximate surface area is 312 Å². The molecule has 4 heterocycles. The third-order valence-electron chi connectivity index (χ3n) is 10.7. The molecule has 3 amide bonds. The molecule has 1 aromatic carbocycles. The van der Waals surface area contributed by atoms with E-state index in [1.165, 1.54) is 4.90 Å². The molecule has 2 aliphatic heterocycles. The standard InChI is InChI=1S/C38H45ClN6O8/c39-29-13-7-12-28-31(20-32(42-34(28)29)51-17-16-44-15-14-40-23-44)52-27-19-30-35(47)43-38(36(48)49)21-24(38)8-3-1-2-4-9-25(18-33(46)45(30)22-27)41-37(50)53-26-10-5-6-11-26/h3,7-8,12-15,20,23-27,30H,1-2,4-6,9-11,16-19,21-22H2,(H,41,50)(H,43,47)(H,48,49)/b8-3-/t24-,25+,27-,30+,38-/m1/s1. The van der Waals surface area contributed by atoms with Crippen LogP contribution >= 0.6 is 11.6 Å². The molecule has 0 spiro atoms. The van der Waals surface area contributed by atoms with Gasteiger partial charge in [-0.05, 0) is 63.5 Å². The zero-order chi connectivity index (χ0) is 37.0. The van der Waals surface area contributed by atoms with Gasteiger partial charge in [0, 0.05) is 48.6 Å². The summed E-state index contributed by atoms with van der Waals surface area (Å²) in [6, 6.07) is 5.47. The van der Waals surface area contributed by atoms with Crippen LogP contribution in [0.3, 0.4) is 0 Å². The van der Waals surface area contributed by atoms with Crippen LogP contribution in [0.25, 0.3) is 10.9 Å². The van der Waals surface area contributed by atoms with Crippen LogP contribution in [0, 0.1) is 5.92 Å². The van der Waals surface area contributed by atoms with Gasteiger partial charge in [-0.3, -0.25) is 9.59 Å². The lowest BCUT2D eigenvalue weighted by Crippen LogP contribution is -2.53. The monoisotopic (exact) mass is 748 g/mol. The molecule has 0 unspecified atom stereocenters. The lowest BCUT2D eigenvalue weighted by Gasteiger charge is -2.27. The summed E-state index contributed by atoms with van der Waals surface area (Å²) in [5.74, 6) is -1.67. The van der Waals surface area contributed by atoms with E-state index < -0.39 is 41.7 Å². The predicted octanol–water partition coefficient (Wildman–Crippen LogP) is 5.03. The van der Waals surface area contributed by atoms with E-state index in [1.807, 2.05) is 29.0 Å². The molecule has 0 bridgehead atoms.